The number of halogens is 1. The van der Waals surface area contributed by atoms with Gasteiger partial charge < -0.3 is 9.88 Å². The summed E-state index contributed by atoms with van der Waals surface area (Å²) < 4.78 is 14.8. The van der Waals surface area contributed by atoms with Crippen LogP contribution >= 0.6 is 11.8 Å². The molecule has 0 aliphatic rings. The lowest BCUT2D eigenvalue weighted by Crippen LogP contribution is -2.14. The van der Waals surface area contributed by atoms with Crippen molar-refractivity contribution in [2.24, 2.45) is 7.05 Å². The van der Waals surface area contributed by atoms with E-state index in [9.17, 15) is 9.18 Å². The molecule has 27 heavy (non-hydrogen) atoms. The van der Waals surface area contributed by atoms with Crippen LogP contribution in [0.4, 0.5) is 10.1 Å². The highest BCUT2D eigenvalue weighted by Gasteiger charge is 2.13. The first-order chi connectivity index (χ1) is 12.9. The Bertz CT molecular complexity index is 920. The summed E-state index contributed by atoms with van der Waals surface area (Å²) in [6, 6.07) is 13.9. The smallest absolute Gasteiger partial charge is 0.234 e. The highest BCUT2D eigenvalue weighted by atomic mass is 32.2. The third kappa shape index (κ3) is 4.74. The number of nitrogens with one attached hydrogen (secondary N) is 1. The van der Waals surface area contributed by atoms with Crippen LogP contribution in [0.2, 0.25) is 0 Å². The van der Waals surface area contributed by atoms with Crippen LogP contribution in [0.25, 0.3) is 11.4 Å². The van der Waals surface area contributed by atoms with E-state index in [2.05, 4.69) is 41.5 Å². The number of hydrogen-bond acceptors (Lipinski definition) is 4. The molecule has 1 aromatic heterocycles. The molecule has 3 aromatic rings. The summed E-state index contributed by atoms with van der Waals surface area (Å²) in [5, 5.41) is 11.8. The van der Waals surface area contributed by atoms with E-state index in [0.717, 1.165) is 11.4 Å². The van der Waals surface area contributed by atoms with Gasteiger partial charge in [0.05, 0.1) is 5.75 Å². The molecule has 0 aliphatic heterocycles. The number of carbonyl (C=O) groups excluding carboxylic acids is 1. The molecule has 140 valence electrons. The number of rotatable bonds is 6. The zero-order chi connectivity index (χ0) is 19.4. The fourth-order valence-corrected chi connectivity index (χ4v) is 3.28. The van der Waals surface area contributed by atoms with Crippen LogP contribution in [0.1, 0.15) is 25.3 Å². The minimum atomic E-state index is -0.338. The second-order valence-electron chi connectivity index (χ2n) is 6.49. The Kier molecular flexibility index (Phi) is 5.91. The van der Waals surface area contributed by atoms with Crippen molar-refractivity contribution in [3.63, 3.8) is 0 Å². The predicted molar refractivity (Wildman–Crippen MR) is 106 cm³/mol. The Balaban J connectivity index is 1.63. The van der Waals surface area contributed by atoms with Gasteiger partial charge in [0, 0.05) is 18.3 Å². The Hall–Kier alpha value is -2.67. The van der Waals surface area contributed by atoms with Crippen molar-refractivity contribution < 1.29 is 9.18 Å². The van der Waals surface area contributed by atoms with E-state index in [1.165, 1.54) is 41.6 Å². The Labute approximate surface area is 162 Å². The van der Waals surface area contributed by atoms with Crippen LogP contribution in [0.5, 0.6) is 0 Å². The number of amides is 1. The quantitative estimate of drug-likeness (QED) is 0.637. The van der Waals surface area contributed by atoms with E-state index in [1.807, 2.05) is 23.7 Å². The van der Waals surface area contributed by atoms with Gasteiger partial charge >= 0.3 is 0 Å². The van der Waals surface area contributed by atoms with Gasteiger partial charge in [-0.3, -0.25) is 4.79 Å². The summed E-state index contributed by atoms with van der Waals surface area (Å²) in [6.45, 7) is 4.31. The van der Waals surface area contributed by atoms with E-state index in [1.54, 1.807) is 0 Å². The molecule has 7 heteroatoms. The third-order valence-corrected chi connectivity index (χ3v) is 5.15. The molecule has 0 fully saturated rings. The number of carbonyl (C=O) groups is 1. The number of thioether (sulfide) groups is 1. The minimum Gasteiger partial charge on any atom is -0.325 e. The van der Waals surface area contributed by atoms with Crippen LogP contribution in [-0.2, 0) is 11.8 Å². The van der Waals surface area contributed by atoms with Crippen LogP contribution in [0, 0.1) is 5.82 Å². The zero-order valence-corrected chi connectivity index (χ0v) is 16.3. The zero-order valence-electron chi connectivity index (χ0n) is 15.4. The van der Waals surface area contributed by atoms with Gasteiger partial charge in [-0.2, -0.15) is 0 Å². The van der Waals surface area contributed by atoms with Crippen molar-refractivity contribution in [1.29, 1.82) is 0 Å². The third-order valence-electron chi connectivity index (χ3n) is 4.13. The average molecular weight is 384 g/mol. The highest BCUT2D eigenvalue weighted by molar-refractivity contribution is 7.99. The summed E-state index contributed by atoms with van der Waals surface area (Å²) in [4.78, 5) is 12.1. The molecule has 5 nitrogen and oxygen atoms in total. The second-order valence-corrected chi connectivity index (χ2v) is 7.43. The summed E-state index contributed by atoms with van der Waals surface area (Å²) >= 11 is 1.30. The molecule has 0 saturated heterocycles. The van der Waals surface area contributed by atoms with Crippen molar-refractivity contribution in [3.8, 4) is 11.4 Å². The fourth-order valence-electron chi connectivity index (χ4n) is 2.57. The van der Waals surface area contributed by atoms with Crippen LogP contribution in [0.15, 0.2) is 53.7 Å². The van der Waals surface area contributed by atoms with Crippen LogP contribution < -0.4 is 5.32 Å². The van der Waals surface area contributed by atoms with Gasteiger partial charge in [-0.05, 0) is 35.7 Å². The first-order valence-electron chi connectivity index (χ1n) is 8.62. The van der Waals surface area contributed by atoms with Crippen molar-refractivity contribution in [2.75, 3.05) is 11.1 Å². The van der Waals surface area contributed by atoms with Gasteiger partial charge in [0.25, 0.3) is 0 Å². The van der Waals surface area contributed by atoms with Crippen molar-refractivity contribution in [2.45, 2.75) is 24.9 Å². The molecule has 0 radical (unpaired) electrons. The predicted octanol–water partition coefficient (Wildman–Crippen LogP) is 4.48. The number of nitrogens with zero attached hydrogens (tertiary/aromatic N) is 3. The number of aromatic nitrogens is 3. The molecule has 2 aromatic carbocycles. The Morgan fingerprint density at radius 1 is 1.11 bits per heavy atom. The van der Waals surface area contributed by atoms with E-state index >= 15 is 0 Å². The summed E-state index contributed by atoms with van der Waals surface area (Å²) in [5.74, 6) is 0.902. The molecular weight excluding hydrogens is 363 g/mol. The molecule has 3 rings (SSSR count). The molecular formula is C20H21FN4OS. The van der Waals surface area contributed by atoms with Crippen LogP contribution in [0.3, 0.4) is 0 Å². The summed E-state index contributed by atoms with van der Waals surface area (Å²) in [5.41, 5.74) is 2.82. The van der Waals surface area contributed by atoms with Gasteiger partial charge in [0.1, 0.15) is 5.82 Å². The molecule has 1 amide bonds. The monoisotopic (exact) mass is 384 g/mol. The lowest BCUT2D eigenvalue weighted by molar-refractivity contribution is -0.113. The highest BCUT2D eigenvalue weighted by Crippen LogP contribution is 2.24. The van der Waals surface area contributed by atoms with Gasteiger partial charge in [0.15, 0.2) is 11.0 Å². The van der Waals surface area contributed by atoms with Gasteiger partial charge in [-0.15, -0.1) is 10.2 Å². The SMILES string of the molecule is CC(C)c1ccc(-c2nnc(SCC(=O)Nc3ccc(F)cc3)n2C)cc1. The first-order valence-corrected chi connectivity index (χ1v) is 9.60. The molecule has 1 heterocycles. The lowest BCUT2D eigenvalue weighted by Gasteiger charge is -2.07. The van der Waals surface area contributed by atoms with Gasteiger partial charge in [-0.1, -0.05) is 49.9 Å². The van der Waals surface area contributed by atoms with Gasteiger partial charge in [0.2, 0.25) is 5.91 Å². The van der Waals surface area contributed by atoms with Crippen molar-refractivity contribution in [1.82, 2.24) is 14.8 Å². The first kappa shape index (κ1) is 19.1. The topological polar surface area (TPSA) is 59.8 Å². The summed E-state index contributed by atoms with van der Waals surface area (Å²) in [6.07, 6.45) is 0. The molecule has 0 aliphatic carbocycles. The maximum atomic E-state index is 12.9. The standard InChI is InChI=1S/C20H21FN4OS/c1-13(2)14-4-6-15(7-5-14)19-23-24-20(25(19)3)27-12-18(26)22-17-10-8-16(21)9-11-17/h4-11,13H,12H2,1-3H3,(H,22,26). The number of anilines is 1. The van der Waals surface area contributed by atoms with Crippen LogP contribution in [-0.4, -0.2) is 26.4 Å². The fraction of sp³-hybridized carbons (Fsp3) is 0.250. The molecule has 1 N–H and O–H groups in total. The maximum absolute atomic E-state index is 12.9. The Morgan fingerprint density at radius 2 is 1.78 bits per heavy atom. The second kappa shape index (κ2) is 8.35. The molecule has 0 spiro atoms. The van der Waals surface area contributed by atoms with E-state index in [-0.39, 0.29) is 17.5 Å². The Morgan fingerprint density at radius 3 is 2.41 bits per heavy atom. The number of hydrogen-bond donors (Lipinski definition) is 1. The minimum absolute atomic E-state index is 0.183. The molecule has 0 atom stereocenters. The van der Waals surface area contributed by atoms with E-state index in [0.29, 0.717) is 16.8 Å². The van der Waals surface area contributed by atoms with Gasteiger partial charge in [-0.25, -0.2) is 4.39 Å². The largest absolute Gasteiger partial charge is 0.325 e. The normalized spacial score (nSPS) is 11.0. The molecule has 0 saturated carbocycles. The van der Waals surface area contributed by atoms with Crippen molar-refractivity contribution >= 4 is 23.4 Å². The molecule has 0 unspecified atom stereocenters. The van der Waals surface area contributed by atoms with E-state index < -0.39 is 0 Å². The maximum Gasteiger partial charge on any atom is 0.234 e. The summed E-state index contributed by atoms with van der Waals surface area (Å²) in [7, 11) is 1.88. The average Bonchev–Trinajstić information content (AvgIpc) is 3.02. The van der Waals surface area contributed by atoms with E-state index in [4.69, 9.17) is 0 Å². The number of benzene rings is 2. The van der Waals surface area contributed by atoms with Crippen molar-refractivity contribution in [3.05, 3.63) is 59.9 Å². The molecule has 0 bridgehead atoms. The lowest BCUT2D eigenvalue weighted by atomic mass is 10.0.